The normalized spacial score (nSPS) is 19.9. The molecule has 0 saturated carbocycles. The van der Waals surface area contributed by atoms with Crippen molar-refractivity contribution in [2.24, 2.45) is 5.73 Å². The number of hydrogen-bond donors (Lipinski definition) is 1. The van der Waals surface area contributed by atoms with Crippen molar-refractivity contribution in [2.75, 3.05) is 0 Å². The third-order valence-corrected chi connectivity index (χ3v) is 7.10. The number of alkyl halides is 3. The van der Waals surface area contributed by atoms with Gasteiger partial charge >= 0.3 is 16.3 Å². The van der Waals surface area contributed by atoms with Crippen LogP contribution in [-0.2, 0) is 40.1 Å². The van der Waals surface area contributed by atoms with Gasteiger partial charge in [-0.05, 0) is 23.3 Å². The smallest absolute Gasteiger partial charge is 0.416 e. The topological polar surface area (TPSA) is 95.7 Å². The Morgan fingerprint density at radius 2 is 1.52 bits per heavy atom. The molecule has 0 amide bonds. The molecule has 0 radical (unpaired) electrons. The molecule has 6 nitrogen and oxygen atoms in total. The van der Waals surface area contributed by atoms with Crippen LogP contribution in [0.1, 0.15) is 16.7 Å². The van der Waals surface area contributed by atoms with Gasteiger partial charge in [0.15, 0.2) is 13.3 Å². The highest BCUT2D eigenvalue weighted by Crippen LogP contribution is 2.39. The minimum absolute atomic E-state index is 0.0618. The van der Waals surface area contributed by atoms with E-state index in [1.165, 1.54) is 23.5 Å². The van der Waals surface area contributed by atoms with Crippen molar-refractivity contribution >= 4 is 39.4 Å². The lowest BCUT2D eigenvalue weighted by molar-refractivity contribution is -0.137. The first-order chi connectivity index (χ1) is 14.2. The van der Waals surface area contributed by atoms with E-state index in [0.29, 0.717) is 5.56 Å². The number of rotatable bonds is 5. The van der Waals surface area contributed by atoms with E-state index in [4.69, 9.17) is 14.7 Å². The average molecular weight is 449 g/mol. The number of ketones is 1. The number of benzene rings is 2. The van der Waals surface area contributed by atoms with Gasteiger partial charge in [-0.25, -0.2) is 0 Å². The summed E-state index contributed by atoms with van der Waals surface area (Å²) in [5, 5.41) is 0. The maximum Gasteiger partial charge on any atom is 0.416 e. The van der Waals surface area contributed by atoms with Crippen LogP contribution in [0.15, 0.2) is 66.2 Å². The van der Waals surface area contributed by atoms with Crippen LogP contribution in [-0.4, -0.2) is 37.7 Å². The molecule has 0 aliphatic carbocycles. The largest absolute Gasteiger partial charge is 0.467 e. The Morgan fingerprint density at radius 1 is 0.968 bits per heavy atom. The van der Waals surface area contributed by atoms with Crippen LogP contribution in [0.5, 0.6) is 0 Å². The van der Waals surface area contributed by atoms with E-state index in [2.05, 4.69) is 0 Å². The first-order valence-electron chi connectivity index (χ1n) is 9.11. The number of nitrogens with two attached hydrogens (primary N) is 1. The maximum atomic E-state index is 13.0. The van der Waals surface area contributed by atoms with Gasteiger partial charge in [-0.2, -0.15) is 21.6 Å². The van der Waals surface area contributed by atoms with Crippen LogP contribution >= 0.6 is 0 Å². The Kier molecular flexibility index (Phi) is 5.46. The van der Waals surface area contributed by atoms with Crippen molar-refractivity contribution in [1.82, 2.24) is 0 Å². The Labute approximate surface area is 179 Å². The molecule has 3 rings (SSSR count). The van der Waals surface area contributed by atoms with Crippen LogP contribution in [0, 0.1) is 0 Å². The second kappa shape index (κ2) is 7.40. The van der Waals surface area contributed by atoms with Crippen molar-refractivity contribution in [3.63, 3.8) is 0 Å². The van der Waals surface area contributed by atoms with Gasteiger partial charge in [-0.15, -0.1) is 0 Å². The molecule has 0 fully saturated rings. The lowest BCUT2D eigenvalue weighted by atomic mass is 9.65. The molecule has 0 spiro atoms. The lowest BCUT2D eigenvalue weighted by Gasteiger charge is -2.26. The van der Waals surface area contributed by atoms with Gasteiger partial charge in [0.1, 0.15) is 15.7 Å². The molecule has 0 aromatic heterocycles. The molecule has 0 saturated heterocycles. The molecule has 160 valence electrons. The molecule has 0 unspecified atom stereocenters. The van der Waals surface area contributed by atoms with E-state index in [0.717, 1.165) is 24.3 Å². The number of carbonyl (C=O) groups is 1. The van der Waals surface area contributed by atoms with E-state index in [1.54, 1.807) is 30.3 Å². The Bertz CT molecular complexity index is 1150. The highest BCUT2D eigenvalue weighted by molar-refractivity contribution is 7.90. The molecule has 0 bridgehead atoms. The van der Waals surface area contributed by atoms with Gasteiger partial charge in [0.05, 0.1) is 10.1 Å². The number of ether oxygens (including phenoxy) is 1. The van der Waals surface area contributed by atoms with E-state index in [1.807, 2.05) is 0 Å². The molecule has 2 N–H and O–H groups in total. The Balaban J connectivity index is 1.91. The van der Waals surface area contributed by atoms with E-state index >= 15 is 0 Å². The van der Waals surface area contributed by atoms with Gasteiger partial charge in [0, 0.05) is 0 Å². The molecule has 1 aliphatic heterocycles. The number of carbonyl (C=O) groups excluding carboxylic acids is 1. The highest BCUT2D eigenvalue weighted by atomic mass is 32.2. The third kappa shape index (κ3) is 3.94. The lowest BCUT2D eigenvalue weighted by Crippen LogP contribution is -2.40. The summed E-state index contributed by atoms with van der Waals surface area (Å²) >= 11 is 0. The molecular formula is C18H17B3F3NO5S. The van der Waals surface area contributed by atoms with Crippen LogP contribution < -0.4 is 5.73 Å². The number of hydrogen-bond acceptors (Lipinski definition) is 6. The summed E-state index contributed by atoms with van der Waals surface area (Å²) in [5.41, 5.74) is 3.48. The summed E-state index contributed by atoms with van der Waals surface area (Å²) in [4.78, 5) is 13.0. The predicted molar refractivity (Wildman–Crippen MR) is 114 cm³/mol. The second-order valence-electron chi connectivity index (χ2n) is 7.65. The molecule has 1 atom stereocenters. The van der Waals surface area contributed by atoms with Crippen LogP contribution in [0.4, 0.5) is 13.2 Å². The van der Waals surface area contributed by atoms with Crippen molar-refractivity contribution < 1.29 is 35.3 Å². The molecule has 31 heavy (non-hydrogen) atoms. The van der Waals surface area contributed by atoms with Gasteiger partial charge < -0.3 is 14.7 Å². The van der Waals surface area contributed by atoms with E-state index in [9.17, 15) is 26.4 Å². The Morgan fingerprint density at radius 3 is 2.03 bits per heavy atom. The zero-order valence-corrected chi connectivity index (χ0v) is 17.7. The maximum absolute atomic E-state index is 13.0. The van der Waals surface area contributed by atoms with Gasteiger partial charge in [-0.1, -0.05) is 42.5 Å². The standard InChI is InChI=1S/C18H17B3F3NO5S/c19-16(10-6-8-12(9-7-10)18(22,23)24)14(26)13(15(25)29-16)30-31(27,28)17(20,21)11-4-2-1-3-5-11/h1-9H,19-21,25H2/t16-/m0/s1. The van der Waals surface area contributed by atoms with Gasteiger partial charge in [0.2, 0.25) is 17.4 Å². The molecule has 1 aliphatic rings. The van der Waals surface area contributed by atoms with Crippen LogP contribution in [0.25, 0.3) is 0 Å². The first kappa shape index (κ1) is 22.9. The van der Waals surface area contributed by atoms with Crippen molar-refractivity contribution in [3.05, 3.63) is 82.9 Å². The SMILES string of the molecule is BC(B)(c1ccccc1)S(=O)(=O)OC1=C(N)O[C@@](B)(c2ccc(C(F)(F)F)cc2)C1=O. The molecule has 1 heterocycles. The fourth-order valence-electron chi connectivity index (χ4n) is 3.09. The minimum atomic E-state index is -4.55. The van der Waals surface area contributed by atoms with Gasteiger partial charge in [-0.3, -0.25) is 4.79 Å². The van der Waals surface area contributed by atoms with Crippen molar-refractivity contribution in [2.45, 2.75) is 16.2 Å². The summed E-state index contributed by atoms with van der Waals surface area (Å²) in [5.74, 6) is -2.21. The summed E-state index contributed by atoms with van der Waals surface area (Å²) in [6.07, 6.45) is -4.55. The number of Topliss-reactive ketones (excluding diaryl/α,β-unsaturated/α-hetero) is 1. The Hall–Kier alpha value is -2.82. The molecular weight excluding hydrogens is 432 g/mol. The third-order valence-electron chi connectivity index (χ3n) is 5.23. The fourth-order valence-corrected chi connectivity index (χ4v) is 4.10. The van der Waals surface area contributed by atoms with Crippen molar-refractivity contribution in [1.29, 1.82) is 0 Å². The summed E-state index contributed by atoms with van der Waals surface area (Å²) < 4.78 is 73.3. The quantitative estimate of drug-likeness (QED) is 0.496. The highest BCUT2D eigenvalue weighted by Gasteiger charge is 2.51. The number of halogens is 3. The zero-order chi connectivity index (χ0) is 23.2. The van der Waals surface area contributed by atoms with Crippen LogP contribution in [0.3, 0.4) is 0 Å². The second-order valence-corrected chi connectivity index (χ2v) is 9.74. The zero-order valence-electron chi connectivity index (χ0n) is 16.9. The first-order valence-corrected chi connectivity index (χ1v) is 10.5. The molecule has 2 aromatic carbocycles. The van der Waals surface area contributed by atoms with E-state index < -0.39 is 49.3 Å². The van der Waals surface area contributed by atoms with Crippen LogP contribution in [0.2, 0.25) is 0 Å². The monoisotopic (exact) mass is 449 g/mol. The van der Waals surface area contributed by atoms with E-state index in [-0.39, 0.29) is 5.56 Å². The molecule has 2 aromatic rings. The minimum Gasteiger partial charge on any atom is -0.467 e. The summed E-state index contributed by atoms with van der Waals surface area (Å²) in [7, 11) is -0.321. The van der Waals surface area contributed by atoms with Gasteiger partial charge in [0.25, 0.3) is 0 Å². The predicted octanol–water partition coefficient (Wildman–Crippen LogP) is -0.359. The molecule has 13 heteroatoms. The van der Waals surface area contributed by atoms with Crippen molar-refractivity contribution in [3.8, 4) is 0 Å². The fraction of sp³-hybridized carbons (Fsp3) is 0.167. The average Bonchev–Trinajstić information content (AvgIpc) is 2.91. The summed E-state index contributed by atoms with van der Waals surface area (Å²) in [6.45, 7) is 0. The summed E-state index contributed by atoms with van der Waals surface area (Å²) in [6, 6.07) is 12.0.